The fourth-order valence-corrected chi connectivity index (χ4v) is 6.74. The van der Waals surface area contributed by atoms with Crippen molar-refractivity contribution in [2.24, 2.45) is 0 Å². The van der Waals surface area contributed by atoms with Crippen molar-refractivity contribution in [3.05, 3.63) is 97.4 Å². The first kappa shape index (κ1) is 26.4. The summed E-state index contributed by atoms with van der Waals surface area (Å²) in [6.45, 7) is 0. The molecule has 12 heteroatoms. The quantitative estimate of drug-likeness (QED) is 0.167. The molecule has 0 aliphatic rings. The molecule has 0 aromatic heterocycles. The fourth-order valence-electron chi connectivity index (χ4n) is 3.18. The van der Waals surface area contributed by atoms with Gasteiger partial charge in [-0.2, -0.15) is 26.3 Å². The molecule has 3 aromatic rings. The number of ketones is 1. The molecule has 0 N–H and O–H groups in total. The predicted octanol–water partition coefficient (Wildman–Crippen LogP) is 7.51. The Hall–Kier alpha value is -2.23. The van der Waals surface area contributed by atoms with Crippen molar-refractivity contribution in [1.29, 1.82) is 0 Å². The Morgan fingerprint density at radius 3 is 1.76 bits per heavy atom. The van der Waals surface area contributed by atoms with Crippen LogP contribution in [0.3, 0.4) is 0 Å². The summed E-state index contributed by atoms with van der Waals surface area (Å²) in [5.41, 5.74) is -7.12. The molecule has 0 spiro atoms. The number of hydrogen-bond acceptors (Lipinski definition) is 3. The summed E-state index contributed by atoms with van der Waals surface area (Å²) in [5.74, 6) is -0.560. The van der Waals surface area contributed by atoms with Gasteiger partial charge in [0, 0.05) is 30.9 Å². The maximum absolute atomic E-state index is 13.5. The van der Waals surface area contributed by atoms with Gasteiger partial charge in [0.1, 0.15) is 0 Å². The van der Waals surface area contributed by atoms with Gasteiger partial charge in [-0.05, 0) is 56.1 Å². The number of carbonyl (C=O) groups excluding carboxylic acids is 2. The maximum Gasteiger partial charge on any atom is 0.417 e. The molecule has 3 nitrogen and oxygen atoms in total. The maximum atomic E-state index is 13.5. The lowest BCUT2D eigenvalue weighted by Crippen LogP contribution is -2.21. The molecule has 0 aliphatic heterocycles. The zero-order valence-corrected chi connectivity index (χ0v) is 20.7. The SMILES string of the molecule is O=C(c1ccccc1)c1ccc(Br)c([PH](=O)C(=O)c2c(C(F)(F)F)cccc2C(F)(F)F)c1Br. The van der Waals surface area contributed by atoms with Gasteiger partial charge in [-0.3, -0.25) is 9.59 Å². The first-order valence-electron chi connectivity index (χ1n) is 9.19. The van der Waals surface area contributed by atoms with Gasteiger partial charge in [-0.1, -0.05) is 36.4 Å². The second-order valence-corrected chi connectivity index (χ2v) is 10.1. The summed E-state index contributed by atoms with van der Waals surface area (Å²) >= 11 is 6.10. The normalized spacial score (nSPS) is 12.9. The minimum Gasteiger partial charge on any atom is -0.313 e. The molecule has 34 heavy (non-hydrogen) atoms. The lowest BCUT2D eigenvalue weighted by molar-refractivity contribution is -0.143. The van der Waals surface area contributed by atoms with E-state index in [-0.39, 0.29) is 20.1 Å². The second kappa shape index (κ2) is 9.79. The Morgan fingerprint density at radius 1 is 0.735 bits per heavy atom. The van der Waals surface area contributed by atoms with Crippen molar-refractivity contribution >= 4 is 56.3 Å². The smallest absolute Gasteiger partial charge is 0.313 e. The lowest BCUT2D eigenvalue weighted by atomic mass is 10.0. The van der Waals surface area contributed by atoms with Crippen molar-refractivity contribution in [3.8, 4) is 0 Å². The van der Waals surface area contributed by atoms with E-state index in [0.717, 1.165) is 0 Å². The van der Waals surface area contributed by atoms with Crippen LogP contribution in [0.2, 0.25) is 0 Å². The van der Waals surface area contributed by atoms with E-state index in [1.165, 1.54) is 24.3 Å². The van der Waals surface area contributed by atoms with Crippen molar-refractivity contribution in [2.75, 3.05) is 0 Å². The highest BCUT2D eigenvalue weighted by Gasteiger charge is 2.44. The highest BCUT2D eigenvalue weighted by Crippen LogP contribution is 2.44. The molecular weight excluding hydrogens is 617 g/mol. The average molecular weight is 628 g/mol. The van der Waals surface area contributed by atoms with Crippen LogP contribution >= 0.6 is 39.7 Å². The second-order valence-electron chi connectivity index (χ2n) is 6.86. The van der Waals surface area contributed by atoms with E-state index < -0.39 is 53.5 Å². The number of benzene rings is 3. The summed E-state index contributed by atoms with van der Waals surface area (Å²) in [4.78, 5) is 25.8. The molecule has 3 rings (SSSR count). The van der Waals surface area contributed by atoms with Gasteiger partial charge in [-0.15, -0.1) is 0 Å². The number of halogens is 8. The number of carbonyl (C=O) groups is 2. The highest BCUT2D eigenvalue weighted by atomic mass is 79.9. The first-order valence-corrected chi connectivity index (χ1v) is 12.2. The standard InChI is InChI=1S/C22H11Br2F6O3P/c23-15-10-9-12(18(31)11-5-2-1-3-6-11)17(24)19(15)34(33)20(32)16-13(21(25,26)27)7-4-8-14(16)22(28,29)30/h1-10,34H. The number of rotatable bonds is 5. The Balaban J connectivity index is 2.19. The third kappa shape index (κ3) is 5.21. The Labute approximate surface area is 206 Å². The third-order valence-electron chi connectivity index (χ3n) is 4.71. The minimum absolute atomic E-state index is 0.0284. The van der Waals surface area contributed by atoms with Crippen LogP contribution in [0.4, 0.5) is 26.3 Å². The van der Waals surface area contributed by atoms with E-state index in [9.17, 15) is 40.5 Å². The Morgan fingerprint density at radius 2 is 1.26 bits per heavy atom. The van der Waals surface area contributed by atoms with Crippen molar-refractivity contribution in [3.63, 3.8) is 0 Å². The van der Waals surface area contributed by atoms with Gasteiger partial charge in [0.2, 0.25) is 5.52 Å². The monoisotopic (exact) mass is 626 g/mol. The molecule has 0 saturated heterocycles. The van der Waals surface area contributed by atoms with Crippen LogP contribution in [-0.4, -0.2) is 11.3 Å². The van der Waals surface area contributed by atoms with Crippen LogP contribution in [0.25, 0.3) is 0 Å². The molecule has 0 fully saturated rings. The van der Waals surface area contributed by atoms with Crippen LogP contribution in [-0.2, 0) is 16.9 Å². The van der Waals surface area contributed by atoms with Crippen LogP contribution in [0.5, 0.6) is 0 Å². The lowest BCUT2D eigenvalue weighted by Gasteiger charge is -2.18. The molecule has 178 valence electrons. The molecule has 1 atom stereocenters. The molecule has 1 unspecified atom stereocenters. The molecule has 0 saturated carbocycles. The molecular formula is C22H11Br2F6O3P. The summed E-state index contributed by atoms with van der Waals surface area (Å²) < 4.78 is 93.9. The molecule has 3 aromatic carbocycles. The minimum atomic E-state index is -5.31. The van der Waals surface area contributed by atoms with Gasteiger partial charge >= 0.3 is 12.4 Å². The van der Waals surface area contributed by atoms with E-state index in [1.54, 1.807) is 18.2 Å². The van der Waals surface area contributed by atoms with E-state index >= 15 is 0 Å². The zero-order valence-electron chi connectivity index (χ0n) is 16.5. The Kier molecular flexibility index (Phi) is 7.60. The van der Waals surface area contributed by atoms with Crippen molar-refractivity contribution < 1.29 is 40.5 Å². The van der Waals surface area contributed by atoms with Crippen molar-refractivity contribution in [1.82, 2.24) is 0 Å². The van der Waals surface area contributed by atoms with Gasteiger partial charge < -0.3 is 4.57 Å². The van der Waals surface area contributed by atoms with Crippen LogP contribution in [0.15, 0.2) is 69.6 Å². The fraction of sp³-hybridized carbons (Fsp3) is 0.0909. The first-order chi connectivity index (χ1) is 15.7. The topological polar surface area (TPSA) is 51.2 Å². The molecule has 0 bridgehead atoms. The molecule has 0 heterocycles. The van der Waals surface area contributed by atoms with Gasteiger partial charge in [0.25, 0.3) is 0 Å². The van der Waals surface area contributed by atoms with Crippen LogP contribution in [0.1, 0.15) is 37.4 Å². The summed E-state index contributed by atoms with van der Waals surface area (Å²) in [7, 11) is -3.99. The Bertz CT molecular complexity index is 1270. The van der Waals surface area contributed by atoms with E-state index in [0.29, 0.717) is 18.2 Å². The van der Waals surface area contributed by atoms with Crippen LogP contribution < -0.4 is 5.30 Å². The number of hydrogen-bond donors (Lipinski definition) is 0. The summed E-state index contributed by atoms with van der Waals surface area (Å²) in [6.07, 6.45) is -10.6. The number of alkyl halides is 6. The van der Waals surface area contributed by atoms with Crippen LogP contribution in [0, 0.1) is 0 Å². The molecule has 0 radical (unpaired) electrons. The molecule has 0 aliphatic carbocycles. The molecule has 0 amide bonds. The predicted molar refractivity (Wildman–Crippen MR) is 121 cm³/mol. The third-order valence-corrected chi connectivity index (χ3v) is 8.56. The van der Waals surface area contributed by atoms with Gasteiger partial charge in [0.05, 0.1) is 11.1 Å². The average Bonchev–Trinajstić information content (AvgIpc) is 2.77. The van der Waals surface area contributed by atoms with E-state index in [1.807, 2.05) is 0 Å². The van der Waals surface area contributed by atoms with Gasteiger partial charge in [-0.25, -0.2) is 0 Å². The van der Waals surface area contributed by atoms with Gasteiger partial charge in [0.15, 0.2) is 13.6 Å². The largest absolute Gasteiger partial charge is 0.417 e. The van der Waals surface area contributed by atoms with Crippen molar-refractivity contribution in [2.45, 2.75) is 12.4 Å². The zero-order chi connectivity index (χ0) is 25.4. The summed E-state index contributed by atoms with van der Waals surface area (Å²) in [6, 6.07) is 11.5. The van der Waals surface area contributed by atoms with E-state index in [4.69, 9.17) is 0 Å². The van der Waals surface area contributed by atoms with E-state index in [2.05, 4.69) is 31.9 Å². The highest BCUT2D eigenvalue weighted by molar-refractivity contribution is 9.11. The summed E-state index contributed by atoms with van der Waals surface area (Å²) in [5, 5.41) is -0.401.